The molecular formula is C15H19NO. The summed E-state index contributed by atoms with van der Waals surface area (Å²) in [6.45, 7) is 5.01. The van der Waals surface area contributed by atoms with Gasteiger partial charge in [-0.15, -0.1) is 0 Å². The van der Waals surface area contributed by atoms with Gasteiger partial charge in [-0.3, -0.25) is 0 Å². The minimum Gasteiger partial charge on any atom is -0.394 e. The maximum atomic E-state index is 9.58. The standard InChI is InChI=1S/C15H19NO/c1-3-16-15(2,11-17)14-9-8-12-6-4-5-7-13(12)10-14/h4-10,16-17H,3,11H2,1-2H3. The van der Waals surface area contributed by atoms with Crippen molar-refractivity contribution in [3.8, 4) is 0 Å². The van der Waals surface area contributed by atoms with Gasteiger partial charge in [0, 0.05) is 0 Å². The second-order valence-electron chi connectivity index (χ2n) is 4.58. The van der Waals surface area contributed by atoms with E-state index >= 15 is 0 Å². The fraction of sp³-hybridized carbons (Fsp3) is 0.333. The average molecular weight is 229 g/mol. The molecule has 2 N–H and O–H groups in total. The number of rotatable bonds is 4. The molecule has 1 atom stereocenters. The van der Waals surface area contributed by atoms with E-state index in [1.807, 2.05) is 19.1 Å². The van der Waals surface area contributed by atoms with Crippen molar-refractivity contribution in [3.05, 3.63) is 48.0 Å². The third kappa shape index (κ3) is 2.33. The van der Waals surface area contributed by atoms with Gasteiger partial charge in [0.1, 0.15) is 0 Å². The normalized spacial score (nSPS) is 14.8. The molecule has 0 heterocycles. The molecule has 2 aromatic rings. The van der Waals surface area contributed by atoms with Crippen molar-refractivity contribution < 1.29 is 5.11 Å². The van der Waals surface area contributed by atoms with Crippen LogP contribution in [-0.2, 0) is 5.54 Å². The molecule has 90 valence electrons. The molecular weight excluding hydrogens is 210 g/mol. The van der Waals surface area contributed by atoms with Gasteiger partial charge < -0.3 is 10.4 Å². The van der Waals surface area contributed by atoms with E-state index in [0.29, 0.717) is 0 Å². The highest BCUT2D eigenvalue weighted by molar-refractivity contribution is 5.83. The summed E-state index contributed by atoms with van der Waals surface area (Å²) >= 11 is 0. The van der Waals surface area contributed by atoms with Gasteiger partial charge in [-0.1, -0.05) is 43.3 Å². The Morgan fingerprint density at radius 2 is 1.82 bits per heavy atom. The van der Waals surface area contributed by atoms with Crippen LogP contribution in [0.25, 0.3) is 10.8 Å². The predicted molar refractivity (Wildman–Crippen MR) is 72.1 cm³/mol. The number of hydrogen-bond donors (Lipinski definition) is 2. The zero-order valence-corrected chi connectivity index (χ0v) is 10.4. The van der Waals surface area contributed by atoms with Crippen LogP contribution in [0.5, 0.6) is 0 Å². The van der Waals surface area contributed by atoms with E-state index in [1.165, 1.54) is 10.8 Å². The summed E-state index contributed by atoms with van der Waals surface area (Å²) in [4.78, 5) is 0. The van der Waals surface area contributed by atoms with E-state index in [2.05, 4.69) is 42.6 Å². The molecule has 0 aliphatic carbocycles. The number of likely N-dealkylation sites (N-methyl/N-ethyl adjacent to an activating group) is 1. The summed E-state index contributed by atoms with van der Waals surface area (Å²) in [6.07, 6.45) is 0. The van der Waals surface area contributed by atoms with Crippen LogP contribution in [0.3, 0.4) is 0 Å². The lowest BCUT2D eigenvalue weighted by Gasteiger charge is -2.29. The maximum Gasteiger partial charge on any atom is 0.0652 e. The van der Waals surface area contributed by atoms with Gasteiger partial charge in [-0.2, -0.15) is 0 Å². The number of nitrogens with one attached hydrogen (secondary N) is 1. The van der Waals surface area contributed by atoms with Crippen molar-refractivity contribution in [1.82, 2.24) is 5.32 Å². The Bertz CT molecular complexity index is 509. The Labute approximate surface area is 102 Å². The van der Waals surface area contributed by atoms with E-state index in [0.717, 1.165) is 12.1 Å². The molecule has 2 aromatic carbocycles. The highest BCUT2D eigenvalue weighted by Gasteiger charge is 2.24. The van der Waals surface area contributed by atoms with Gasteiger partial charge in [-0.25, -0.2) is 0 Å². The smallest absolute Gasteiger partial charge is 0.0652 e. The summed E-state index contributed by atoms with van der Waals surface area (Å²) < 4.78 is 0. The number of fused-ring (bicyclic) bond motifs is 1. The fourth-order valence-electron chi connectivity index (χ4n) is 2.17. The Kier molecular flexibility index (Phi) is 3.46. The predicted octanol–water partition coefficient (Wildman–Crippen LogP) is 2.66. The van der Waals surface area contributed by atoms with Crippen LogP contribution in [0, 0.1) is 0 Å². The summed E-state index contributed by atoms with van der Waals surface area (Å²) in [7, 11) is 0. The van der Waals surface area contributed by atoms with E-state index in [4.69, 9.17) is 0 Å². The lowest BCUT2D eigenvalue weighted by atomic mass is 9.91. The fourth-order valence-corrected chi connectivity index (χ4v) is 2.17. The molecule has 17 heavy (non-hydrogen) atoms. The Hall–Kier alpha value is -1.38. The molecule has 2 nitrogen and oxygen atoms in total. The minimum atomic E-state index is -0.362. The molecule has 0 bridgehead atoms. The largest absolute Gasteiger partial charge is 0.394 e. The Balaban J connectivity index is 2.47. The first kappa shape index (κ1) is 12.1. The van der Waals surface area contributed by atoms with Crippen LogP contribution in [-0.4, -0.2) is 18.3 Å². The SMILES string of the molecule is CCNC(C)(CO)c1ccc2ccccc2c1. The molecule has 0 aliphatic rings. The van der Waals surface area contributed by atoms with E-state index < -0.39 is 0 Å². The molecule has 0 fully saturated rings. The third-order valence-electron chi connectivity index (χ3n) is 3.27. The van der Waals surface area contributed by atoms with Crippen molar-refractivity contribution in [1.29, 1.82) is 0 Å². The van der Waals surface area contributed by atoms with Crippen LogP contribution in [0.15, 0.2) is 42.5 Å². The zero-order chi connectivity index (χ0) is 12.3. The van der Waals surface area contributed by atoms with E-state index in [-0.39, 0.29) is 12.1 Å². The summed E-state index contributed by atoms with van der Waals surface area (Å²) in [5.74, 6) is 0. The van der Waals surface area contributed by atoms with Crippen molar-refractivity contribution in [2.24, 2.45) is 0 Å². The van der Waals surface area contributed by atoms with Gasteiger partial charge in [0.2, 0.25) is 0 Å². The molecule has 0 aromatic heterocycles. The van der Waals surface area contributed by atoms with E-state index in [9.17, 15) is 5.11 Å². The monoisotopic (exact) mass is 229 g/mol. The number of aliphatic hydroxyl groups excluding tert-OH is 1. The van der Waals surface area contributed by atoms with Crippen LogP contribution >= 0.6 is 0 Å². The van der Waals surface area contributed by atoms with Gasteiger partial charge in [-0.05, 0) is 35.9 Å². The summed E-state index contributed by atoms with van der Waals surface area (Å²) in [6, 6.07) is 14.6. The first-order chi connectivity index (χ1) is 8.19. The van der Waals surface area contributed by atoms with Crippen LogP contribution < -0.4 is 5.32 Å². The zero-order valence-electron chi connectivity index (χ0n) is 10.4. The Morgan fingerprint density at radius 1 is 1.12 bits per heavy atom. The van der Waals surface area contributed by atoms with Crippen molar-refractivity contribution in [2.75, 3.05) is 13.2 Å². The quantitative estimate of drug-likeness (QED) is 0.844. The molecule has 0 radical (unpaired) electrons. The number of aliphatic hydroxyl groups is 1. The minimum absolute atomic E-state index is 0.0964. The van der Waals surface area contributed by atoms with Gasteiger partial charge in [0.15, 0.2) is 0 Å². The van der Waals surface area contributed by atoms with E-state index in [1.54, 1.807) is 0 Å². The maximum absolute atomic E-state index is 9.58. The summed E-state index contributed by atoms with van der Waals surface area (Å²) in [5, 5.41) is 15.4. The summed E-state index contributed by atoms with van der Waals surface area (Å²) in [5.41, 5.74) is 0.763. The average Bonchev–Trinajstić information content (AvgIpc) is 2.38. The topological polar surface area (TPSA) is 32.3 Å². The lowest BCUT2D eigenvalue weighted by Crippen LogP contribution is -2.42. The van der Waals surface area contributed by atoms with Crippen LogP contribution in [0.2, 0.25) is 0 Å². The van der Waals surface area contributed by atoms with Gasteiger partial charge in [0.05, 0.1) is 12.1 Å². The van der Waals surface area contributed by atoms with Crippen LogP contribution in [0.1, 0.15) is 19.4 Å². The molecule has 1 unspecified atom stereocenters. The third-order valence-corrected chi connectivity index (χ3v) is 3.27. The highest BCUT2D eigenvalue weighted by atomic mass is 16.3. The lowest BCUT2D eigenvalue weighted by molar-refractivity contribution is 0.177. The first-order valence-electron chi connectivity index (χ1n) is 6.05. The number of hydrogen-bond acceptors (Lipinski definition) is 2. The molecule has 2 rings (SSSR count). The second kappa shape index (κ2) is 4.86. The second-order valence-corrected chi connectivity index (χ2v) is 4.58. The van der Waals surface area contributed by atoms with Crippen molar-refractivity contribution in [2.45, 2.75) is 19.4 Å². The first-order valence-corrected chi connectivity index (χ1v) is 6.05. The van der Waals surface area contributed by atoms with Crippen LogP contribution in [0.4, 0.5) is 0 Å². The molecule has 0 aliphatic heterocycles. The molecule has 0 amide bonds. The molecule has 0 saturated carbocycles. The molecule has 2 heteroatoms. The van der Waals surface area contributed by atoms with Gasteiger partial charge in [0.25, 0.3) is 0 Å². The highest BCUT2D eigenvalue weighted by Crippen LogP contribution is 2.24. The number of benzene rings is 2. The Morgan fingerprint density at radius 3 is 2.47 bits per heavy atom. The van der Waals surface area contributed by atoms with Crippen molar-refractivity contribution >= 4 is 10.8 Å². The van der Waals surface area contributed by atoms with Crippen molar-refractivity contribution in [3.63, 3.8) is 0 Å². The molecule has 0 spiro atoms. The molecule has 0 saturated heterocycles. The van der Waals surface area contributed by atoms with Gasteiger partial charge >= 0.3 is 0 Å².